The molecule has 0 radical (unpaired) electrons. The lowest BCUT2D eigenvalue weighted by atomic mass is 10.1. The Hall–Kier alpha value is -3.00. The Balaban J connectivity index is 2.06. The summed E-state index contributed by atoms with van der Waals surface area (Å²) in [5.41, 5.74) is 5.82. The number of hydrogen-bond donors (Lipinski definition) is 1. The van der Waals surface area contributed by atoms with Crippen molar-refractivity contribution in [2.75, 3.05) is 23.7 Å². The van der Waals surface area contributed by atoms with Gasteiger partial charge in [0.2, 0.25) is 9.84 Å². The van der Waals surface area contributed by atoms with Crippen molar-refractivity contribution in [2.24, 2.45) is 0 Å². The zero-order valence-corrected chi connectivity index (χ0v) is 18.7. The van der Waals surface area contributed by atoms with Crippen LogP contribution in [0.5, 0.6) is 0 Å². The number of anilines is 2. The van der Waals surface area contributed by atoms with E-state index in [1.807, 2.05) is 42.2 Å². The third kappa shape index (κ3) is 4.91. The number of nitrogen functional groups attached to an aromatic ring is 1. The van der Waals surface area contributed by atoms with E-state index in [1.54, 1.807) is 25.1 Å². The SMILES string of the molecule is CCN(CCc1ccccc1)c1cccc(C)c1S(=O)(=O)c1ccc(N)c(C(F)(F)F)c1. The first-order chi connectivity index (χ1) is 15.1. The van der Waals surface area contributed by atoms with Crippen LogP contribution in [0.15, 0.2) is 76.5 Å². The Morgan fingerprint density at radius 1 is 0.969 bits per heavy atom. The highest BCUT2D eigenvalue weighted by Crippen LogP contribution is 2.38. The van der Waals surface area contributed by atoms with Gasteiger partial charge in [-0.25, -0.2) is 8.42 Å². The minimum absolute atomic E-state index is 0.00723. The lowest BCUT2D eigenvalue weighted by Gasteiger charge is -2.27. The van der Waals surface area contributed by atoms with Crippen LogP contribution in [-0.2, 0) is 22.4 Å². The molecule has 0 aliphatic carbocycles. The molecule has 0 aliphatic rings. The quantitative estimate of drug-likeness (QED) is 0.471. The van der Waals surface area contributed by atoms with Gasteiger partial charge < -0.3 is 10.6 Å². The summed E-state index contributed by atoms with van der Waals surface area (Å²) in [6.07, 6.45) is -4.06. The van der Waals surface area contributed by atoms with Gasteiger partial charge in [0.25, 0.3) is 0 Å². The molecule has 0 aliphatic heterocycles. The first kappa shape index (κ1) is 23.7. The van der Waals surface area contributed by atoms with Gasteiger partial charge in [0.1, 0.15) is 0 Å². The highest BCUT2D eigenvalue weighted by atomic mass is 32.2. The molecule has 0 heterocycles. The molecule has 0 unspecified atom stereocenters. The molecule has 0 spiro atoms. The molecule has 0 fully saturated rings. The number of alkyl halides is 3. The van der Waals surface area contributed by atoms with E-state index < -0.39 is 32.2 Å². The molecule has 0 saturated heterocycles. The number of halogens is 3. The van der Waals surface area contributed by atoms with E-state index in [9.17, 15) is 21.6 Å². The van der Waals surface area contributed by atoms with Crippen LogP contribution in [0.4, 0.5) is 24.5 Å². The molecular weight excluding hydrogens is 437 g/mol. The Morgan fingerprint density at radius 3 is 2.28 bits per heavy atom. The van der Waals surface area contributed by atoms with E-state index in [1.165, 1.54) is 0 Å². The van der Waals surface area contributed by atoms with Crippen LogP contribution in [0.3, 0.4) is 0 Å². The second-order valence-electron chi connectivity index (χ2n) is 7.49. The molecule has 0 amide bonds. The molecular formula is C24H25F3N2O2S. The van der Waals surface area contributed by atoms with Crippen LogP contribution in [-0.4, -0.2) is 21.5 Å². The smallest absolute Gasteiger partial charge is 0.398 e. The van der Waals surface area contributed by atoms with E-state index >= 15 is 0 Å². The van der Waals surface area contributed by atoms with Crippen molar-refractivity contribution < 1.29 is 21.6 Å². The van der Waals surface area contributed by atoms with Crippen LogP contribution in [0.1, 0.15) is 23.6 Å². The summed E-state index contributed by atoms with van der Waals surface area (Å²) in [4.78, 5) is 1.50. The van der Waals surface area contributed by atoms with Gasteiger partial charge in [-0.15, -0.1) is 0 Å². The molecule has 0 bridgehead atoms. The van der Waals surface area contributed by atoms with Crippen LogP contribution >= 0.6 is 0 Å². The molecule has 0 aromatic heterocycles. The first-order valence-electron chi connectivity index (χ1n) is 10.2. The second-order valence-corrected chi connectivity index (χ2v) is 9.38. The number of benzene rings is 3. The number of rotatable bonds is 7. The van der Waals surface area contributed by atoms with Gasteiger partial charge in [0, 0.05) is 18.8 Å². The number of hydrogen-bond acceptors (Lipinski definition) is 4. The Labute approximate surface area is 186 Å². The van der Waals surface area contributed by atoms with Crippen molar-refractivity contribution in [2.45, 2.75) is 36.2 Å². The minimum Gasteiger partial charge on any atom is -0.398 e. The molecule has 3 aromatic rings. The van der Waals surface area contributed by atoms with Crippen molar-refractivity contribution in [1.29, 1.82) is 0 Å². The fourth-order valence-electron chi connectivity index (χ4n) is 3.66. The average Bonchev–Trinajstić information content (AvgIpc) is 2.74. The Bertz CT molecular complexity index is 1190. The summed E-state index contributed by atoms with van der Waals surface area (Å²) < 4.78 is 67.1. The normalized spacial score (nSPS) is 12.0. The zero-order chi connectivity index (χ0) is 23.5. The van der Waals surface area contributed by atoms with Crippen molar-refractivity contribution in [3.8, 4) is 0 Å². The molecule has 0 saturated carbocycles. The van der Waals surface area contributed by atoms with Gasteiger partial charge in [0.05, 0.1) is 21.0 Å². The van der Waals surface area contributed by atoms with Gasteiger partial charge in [-0.1, -0.05) is 42.5 Å². The summed E-state index contributed by atoms with van der Waals surface area (Å²) >= 11 is 0. The van der Waals surface area contributed by atoms with Crippen LogP contribution in [0.25, 0.3) is 0 Å². The summed E-state index contributed by atoms with van der Waals surface area (Å²) in [5, 5.41) is 0. The van der Waals surface area contributed by atoms with E-state index in [4.69, 9.17) is 5.73 Å². The monoisotopic (exact) mass is 462 g/mol. The summed E-state index contributed by atoms with van der Waals surface area (Å²) in [5.74, 6) is 0. The van der Waals surface area contributed by atoms with Gasteiger partial charge in [0.15, 0.2) is 0 Å². The van der Waals surface area contributed by atoms with E-state index in [2.05, 4.69) is 0 Å². The van der Waals surface area contributed by atoms with Crippen LogP contribution in [0, 0.1) is 6.92 Å². The summed E-state index contributed by atoms with van der Waals surface area (Å²) in [6, 6.07) is 17.6. The minimum atomic E-state index is -4.75. The Morgan fingerprint density at radius 2 is 1.66 bits per heavy atom. The third-order valence-electron chi connectivity index (χ3n) is 5.34. The van der Waals surface area contributed by atoms with Crippen LogP contribution < -0.4 is 10.6 Å². The predicted molar refractivity (Wildman–Crippen MR) is 121 cm³/mol. The largest absolute Gasteiger partial charge is 0.418 e. The van der Waals surface area contributed by atoms with E-state index in [0.717, 1.165) is 17.7 Å². The lowest BCUT2D eigenvalue weighted by Crippen LogP contribution is -2.27. The summed E-state index contributed by atoms with van der Waals surface area (Å²) in [6.45, 7) is 4.65. The summed E-state index contributed by atoms with van der Waals surface area (Å²) in [7, 11) is -4.24. The van der Waals surface area contributed by atoms with Crippen molar-refractivity contribution in [3.63, 3.8) is 0 Å². The molecule has 32 heavy (non-hydrogen) atoms. The van der Waals surface area contributed by atoms with Crippen LogP contribution in [0.2, 0.25) is 0 Å². The van der Waals surface area contributed by atoms with Gasteiger partial charge >= 0.3 is 6.18 Å². The standard InChI is InChI=1S/C24H25F3N2O2S/c1-3-29(15-14-18-9-5-4-6-10-18)22-11-7-8-17(2)23(22)32(30,31)19-12-13-21(28)20(16-19)24(25,26)27/h4-13,16H,3,14-15,28H2,1-2H3. The lowest BCUT2D eigenvalue weighted by molar-refractivity contribution is -0.137. The van der Waals surface area contributed by atoms with Gasteiger partial charge in [-0.3, -0.25) is 0 Å². The fourth-order valence-corrected chi connectivity index (χ4v) is 5.38. The highest BCUT2D eigenvalue weighted by Gasteiger charge is 2.35. The third-order valence-corrected chi connectivity index (χ3v) is 7.28. The average molecular weight is 463 g/mol. The number of sulfone groups is 1. The predicted octanol–water partition coefficient (Wildman–Crippen LogP) is 5.50. The molecule has 4 nitrogen and oxygen atoms in total. The number of nitrogens with two attached hydrogens (primary N) is 1. The van der Waals surface area contributed by atoms with E-state index in [-0.39, 0.29) is 4.90 Å². The number of nitrogens with zero attached hydrogens (tertiary/aromatic N) is 1. The van der Waals surface area contributed by atoms with Crippen molar-refractivity contribution in [1.82, 2.24) is 0 Å². The van der Waals surface area contributed by atoms with Gasteiger partial charge in [-0.05, 0) is 55.7 Å². The van der Waals surface area contributed by atoms with E-state index in [0.29, 0.717) is 36.8 Å². The second kappa shape index (κ2) is 9.24. The maximum absolute atomic E-state index is 13.5. The molecule has 0 atom stereocenters. The van der Waals surface area contributed by atoms with Crippen molar-refractivity contribution in [3.05, 3.63) is 83.4 Å². The number of likely N-dealkylation sites (N-methyl/N-ethyl adjacent to an activating group) is 1. The molecule has 3 rings (SSSR count). The van der Waals surface area contributed by atoms with Gasteiger partial charge in [-0.2, -0.15) is 13.2 Å². The highest BCUT2D eigenvalue weighted by molar-refractivity contribution is 7.91. The van der Waals surface area contributed by atoms with Crippen molar-refractivity contribution >= 4 is 21.2 Å². The maximum Gasteiger partial charge on any atom is 0.418 e. The Kier molecular flexibility index (Phi) is 6.83. The first-order valence-corrected chi connectivity index (χ1v) is 11.6. The maximum atomic E-state index is 13.5. The molecule has 8 heteroatoms. The topological polar surface area (TPSA) is 63.4 Å². The fraction of sp³-hybridized carbons (Fsp3) is 0.250. The zero-order valence-electron chi connectivity index (χ0n) is 17.9. The molecule has 170 valence electrons. The molecule has 3 aromatic carbocycles. The molecule has 2 N–H and O–H groups in total. The number of aryl methyl sites for hydroxylation is 1.